The third-order valence-corrected chi connectivity index (χ3v) is 3.84. The molecule has 96 valence electrons. The molecule has 0 N–H and O–H groups in total. The van der Waals surface area contributed by atoms with Crippen molar-refractivity contribution in [3.8, 4) is 0 Å². The second-order valence-electron chi connectivity index (χ2n) is 4.92. The summed E-state index contributed by atoms with van der Waals surface area (Å²) in [6, 6.07) is 7.22. The molecule has 0 saturated carbocycles. The molecule has 4 nitrogen and oxygen atoms in total. The van der Waals surface area contributed by atoms with Crippen molar-refractivity contribution in [2.24, 2.45) is 0 Å². The lowest BCUT2D eigenvalue weighted by Crippen LogP contribution is -2.33. The first-order valence-electron chi connectivity index (χ1n) is 6.24. The van der Waals surface area contributed by atoms with Gasteiger partial charge in [0, 0.05) is 18.1 Å². The van der Waals surface area contributed by atoms with Crippen LogP contribution in [-0.2, 0) is 14.4 Å². The van der Waals surface area contributed by atoms with Gasteiger partial charge in [-0.05, 0) is 24.5 Å². The summed E-state index contributed by atoms with van der Waals surface area (Å²) in [4.78, 5) is 36.6. The molecule has 0 fully saturated rings. The number of amides is 2. The van der Waals surface area contributed by atoms with E-state index in [9.17, 15) is 14.4 Å². The monoisotopic (exact) mass is 255 g/mol. The Morgan fingerprint density at radius 3 is 2.26 bits per heavy atom. The molecular formula is C15H13NO3. The topological polar surface area (TPSA) is 54.5 Å². The normalized spacial score (nSPS) is 25.0. The van der Waals surface area contributed by atoms with E-state index in [1.165, 1.54) is 17.1 Å². The molecule has 0 spiro atoms. The largest absolute Gasteiger partial charge is 0.299 e. The number of rotatable bonds is 2. The Morgan fingerprint density at radius 1 is 1.11 bits per heavy atom. The fourth-order valence-electron chi connectivity index (χ4n) is 2.96. The number of hydrogen-bond acceptors (Lipinski definition) is 3. The van der Waals surface area contributed by atoms with Crippen LogP contribution in [0.25, 0.3) is 0 Å². The number of hydrogen-bond donors (Lipinski definition) is 0. The summed E-state index contributed by atoms with van der Waals surface area (Å²) in [5.41, 5.74) is 1.85. The van der Waals surface area contributed by atoms with Crippen LogP contribution in [0.2, 0.25) is 0 Å². The Balaban J connectivity index is 2.04. The molecule has 2 amide bonds. The van der Waals surface area contributed by atoms with Gasteiger partial charge in [0.15, 0.2) is 0 Å². The van der Waals surface area contributed by atoms with Gasteiger partial charge in [0.2, 0.25) is 0 Å². The molecule has 19 heavy (non-hydrogen) atoms. The summed E-state index contributed by atoms with van der Waals surface area (Å²) in [5.74, 6) is -0.743. The number of carbonyl (C=O) groups excluding carboxylic acids is 3. The fourth-order valence-corrected chi connectivity index (χ4v) is 2.96. The number of nitrogens with zero attached hydrogens (tertiary/aromatic N) is 1. The van der Waals surface area contributed by atoms with E-state index in [1.807, 2.05) is 24.3 Å². The highest BCUT2D eigenvalue weighted by atomic mass is 16.2. The van der Waals surface area contributed by atoms with Gasteiger partial charge in [-0.2, -0.15) is 0 Å². The van der Waals surface area contributed by atoms with Crippen LogP contribution in [0.1, 0.15) is 36.4 Å². The van der Waals surface area contributed by atoms with Crippen molar-refractivity contribution in [2.45, 2.75) is 25.3 Å². The minimum absolute atomic E-state index is 0.0713. The zero-order valence-electron chi connectivity index (χ0n) is 10.5. The molecule has 0 saturated heterocycles. The molecule has 0 aromatic heterocycles. The van der Waals surface area contributed by atoms with Gasteiger partial charge in [-0.1, -0.05) is 24.3 Å². The molecule has 4 heteroatoms. The number of Topliss-reactive ketones (excluding diaryl/α,β-unsaturated/α-hetero) is 1. The molecule has 1 aromatic carbocycles. The molecule has 1 aliphatic carbocycles. The van der Waals surface area contributed by atoms with E-state index in [0.29, 0.717) is 6.42 Å². The number of benzene rings is 1. The lowest BCUT2D eigenvalue weighted by molar-refractivity contribution is -0.140. The van der Waals surface area contributed by atoms with Gasteiger partial charge in [-0.25, -0.2) is 0 Å². The number of fused-ring (bicyclic) bond motifs is 1. The predicted molar refractivity (Wildman–Crippen MR) is 68.2 cm³/mol. The Labute approximate surface area is 110 Å². The lowest BCUT2D eigenvalue weighted by Gasteiger charge is -2.22. The Bertz CT molecular complexity index is 600. The Morgan fingerprint density at radius 2 is 1.68 bits per heavy atom. The van der Waals surface area contributed by atoms with Crippen molar-refractivity contribution in [2.75, 3.05) is 0 Å². The van der Waals surface area contributed by atoms with E-state index < -0.39 is 0 Å². The average Bonchev–Trinajstić information content (AvgIpc) is 2.91. The second kappa shape index (κ2) is 4.16. The first-order chi connectivity index (χ1) is 9.09. The smallest absolute Gasteiger partial charge is 0.254 e. The standard InChI is InChI=1S/C15H13NO3/c1-9(17)12-8-13(11-5-3-2-4-10(11)12)16-14(18)6-7-15(16)19/h2-7,12-13H,8H2,1H3/t12-,13+/m1/s1. The molecule has 1 aliphatic heterocycles. The Kier molecular flexibility index (Phi) is 2.59. The van der Waals surface area contributed by atoms with Gasteiger partial charge in [0.25, 0.3) is 11.8 Å². The summed E-state index contributed by atoms with van der Waals surface area (Å²) >= 11 is 0. The maximum atomic E-state index is 11.8. The quantitative estimate of drug-likeness (QED) is 0.756. The minimum Gasteiger partial charge on any atom is -0.299 e. The highest BCUT2D eigenvalue weighted by Crippen LogP contribution is 2.44. The molecule has 2 aliphatic rings. The average molecular weight is 255 g/mol. The van der Waals surface area contributed by atoms with Crippen molar-refractivity contribution >= 4 is 17.6 Å². The van der Waals surface area contributed by atoms with Crippen molar-refractivity contribution < 1.29 is 14.4 Å². The van der Waals surface area contributed by atoms with E-state index in [1.54, 1.807) is 6.92 Å². The number of ketones is 1. The lowest BCUT2D eigenvalue weighted by atomic mass is 9.98. The maximum Gasteiger partial charge on any atom is 0.254 e. The summed E-state index contributed by atoms with van der Waals surface area (Å²) in [7, 11) is 0. The highest BCUT2D eigenvalue weighted by Gasteiger charge is 2.41. The van der Waals surface area contributed by atoms with Crippen molar-refractivity contribution in [3.63, 3.8) is 0 Å². The first kappa shape index (κ1) is 11.8. The van der Waals surface area contributed by atoms with E-state index >= 15 is 0 Å². The molecular weight excluding hydrogens is 242 g/mol. The summed E-state index contributed by atoms with van der Waals surface area (Å²) < 4.78 is 0. The van der Waals surface area contributed by atoms with Crippen molar-refractivity contribution in [1.82, 2.24) is 4.90 Å². The highest BCUT2D eigenvalue weighted by molar-refractivity contribution is 6.13. The van der Waals surface area contributed by atoms with Crippen LogP contribution in [0.3, 0.4) is 0 Å². The zero-order chi connectivity index (χ0) is 13.6. The fraction of sp³-hybridized carbons (Fsp3) is 0.267. The summed E-state index contributed by atoms with van der Waals surface area (Å²) in [6.07, 6.45) is 3.06. The molecule has 0 bridgehead atoms. The van der Waals surface area contributed by atoms with Crippen molar-refractivity contribution in [1.29, 1.82) is 0 Å². The molecule has 2 atom stereocenters. The third kappa shape index (κ3) is 1.71. The van der Waals surface area contributed by atoms with Gasteiger partial charge in [-0.15, -0.1) is 0 Å². The maximum absolute atomic E-state index is 11.8. The van der Waals surface area contributed by atoms with Gasteiger partial charge in [0.1, 0.15) is 5.78 Å². The minimum atomic E-state index is -0.319. The molecule has 0 radical (unpaired) electrons. The van der Waals surface area contributed by atoms with E-state index in [2.05, 4.69) is 0 Å². The molecule has 1 aromatic rings. The molecule has 3 rings (SSSR count). The third-order valence-electron chi connectivity index (χ3n) is 3.84. The Hall–Kier alpha value is -2.23. The molecule has 0 unspecified atom stereocenters. The van der Waals surface area contributed by atoms with Gasteiger partial charge < -0.3 is 0 Å². The first-order valence-corrected chi connectivity index (χ1v) is 6.24. The summed E-state index contributed by atoms with van der Waals surface area (Å²) in [5, 5.41) is 0. The van der Waals surface area contributed by atoms with E-state index in [-0.39, 0.29) is 29.6 Å². The zero-order valence-corrected chi connectivity index (χ0v) is 10.5. The van der Waals surface area contributed by atoms with Crippen LogP contribution in [0.15, 0.2) is 36.4 Å². The van der Waals surface area contributed by atoms with Gasteiger partial charge >= 0.3 is 0 Å². The van der Waals surface area contributed by atoms with Crippen LogP contribution in [0, 0.1) is 0 Å². The van der Waals surface area contributed by atoms with Gasteiger partial charge in [0.05, 0.1) is 6.04 Å². The number of carbonyl (C=O) groups is 3. The molecule has 1 heterocycles. The van der Waals surface area contributed by atoms with Crippen molar-refractivity contribution in [3.05, 3.63) is 47.5 Å². The van der Waals surface area contributed by atoms with Crippen LogP contribution < -0.4 is 0 Å². The van der Waals surface area contributed by atoms with Crippen LogP contribution in [0.4, 0.5) is 0 Å². The summed E-state index contributed by atoms with van der Waals surface area (Å²) in [6.45, 7) is 1.55. The van der Waals surface area contributed by atoms with E-state index in [4.69, 9.17) is 0 Å². The van der Waals surface area contributed by atoms with Crippen LogP contribution in [0.5, 0.6) is 0 Å². The van der Waals surface area contributed by atoms with E-state index in [0.717, 1.165) is 11.1 Å². The van der Waals surface area contributed by atoms with Crippen LogP contribution in [-0.4, -0.2) is 22.5 Å². The second-order valence-corrected chi connectivity index (χ2v) is 4.92. The predicted octanol–water partition coefficient (Wildman–Crippen LogP) is 1.73. The van der Waals surface area contributed by atoms with Crippen LogP contribution >= 0.6 is 0 Å². The SMILES string of the molecule is CC(=O)[C@H]1C[C@H](N2C(=O)C=CC2=O)c2ccccc21. The van der Waals surface area contributed by atoms with Gasteiger partial charge in [-0.3, -0.25) is 19.3 Å². The number of imide groups is 1.